The highest BCUT2D eigenvalue weighted by Crippen LogP contribution is 2.37. The topological polar surface area (TPSA) is 121 Å². The molecule has 0 saturated heterocycles. The normalized spacial score (nSPS) is 10.1. The lowest BCUT2D eigenvalue weighted by molar-refractivity contribution is 0.459. The third-order valence-electron chi connectivity index (χ3n) is 4.33. The van der Waals surface area contributed by atoms with Gasteiger partial charge in [0.2, 0.25) is 0 Å². The molecular formula is C24H20O6. The molecule has 6 nitrogen and oxygen atoms in total. The Labute approximate surface area is 172 Å². The van der Waals surface area contributed by atoms with Gasteiger partial charge in [-0.15, -0.1) is 0 Å². The molecule has 4 aromatic carbocycles. The molecule has 0 heterocycles. The van der Waals surface area contributed by atoms with Crippen LogP contribution in [0.4, 0.5) is 0 Å². The third-order valence-corrected chi connectivity index (χ3v) is 4.33. The fraction of sp³-hybridized carbons (Fsp3) is 0. The fourth-order valence-corrected chi connectivity index (χ4v) is 2.84. The van der Waals surface area contributed by atoms with Gasteiger partial charge in [-0.25, -0.2) is 0 Å². The van der Waals surface area contributed by atoms with Gasteiger partial charge >= 0.3 is 0 Å². The first-order valence-corrected chi connectivity index (χ1v) is 8.97. The molecule has 0 aliphatic carbocycles. The minimum Gasteiger partial charge on any atom is -0.508 e. The van der Waals surface area contributed by atoms with Crippen molar-refractivity contribution in [3.05, 3.63) is 84.9 Å². The molecule has 0 spiro atoms. The molecule has 0 amide bonds. The second kappa shape index (κ2) is 8.79. The first-order chi connectivity index (χ1) is 14.3. The van der Waals surface area contributed by atoms with Crippen LogP contribution in [0.5, 0.6) is 34.5 Å². The highest BCUT2D eigenvalue weighted by Gasteiger charge is 2.09. The summed E-state index contributed by atoms with van der Waals surface area (Å²) in [6.45, 7) is 0. The minimum absolute atomic E-state index is 0.0225. The van der Waals surface area contributed by atoms with E-state index in [0.717, 1.165) is 5.56 Å². The number of hydrogen-bond donors (Lipinski definition) is 6. The van der Waals surface area contributed by atoms with Crippen molar-refractivity contribution in [2.45, 2.75) is 0 Å². The van der Waals surface area contributed by atoms with Crippen molar-refractivity contribution >= 4 is 0 Å². The number of hydrogen-bond acceptors (Lipinski definition) is 6. The third kappa shape index (κ3) is 4.74. The summed E-state index contributed by atoms with van der Waals surface area (Å²) < 4.78 is 0. The number of aromatic hydroxyl groups is 6. The molecule has 30 heavy (non-hydrogen) atoms. The zero-order valence-electron chi connectivity index (χ0n) is 15.8. The molecule has 0 atom stereocenters. The molecule has 0 bridgehead atoms. The van der Waals surface area contributed by atoms with E-state index >= 15 is 0 Å². The van der Waals surface area contributed by atoms with E-state index in [1.54, 1.807) is 30.3 Å². The molecule has 4 rings (SSSR count). The monoisotopic (exact) mass is 404 g/mol. The predicted molar refractivity (Wildman–Crippen MR) is 114 cm³/mol. The molecule has 152 valence electrons. The summed E-state index contributed by atoms with van der Waals surface area (Å²) in [7, 11) is 0. The average molecular weight is 404 g/mol. The van der Waals surface area contributed by atoms with E-state index in [1.807, 2.05) is 0 Å². The van der Waals surface area contributed by atoms with Crippen LogP contribution in [0.1, 0.15) is 0 Å². The van der Waals surface area contributed by atoms with Crippen molar-refractivity contribution in [3.63, 3.8) is 0 Å². The molecule has 4 aromatic rings. The van der Waals surface area contributed by atoms with Crippen LogP contribution >= 0.6 is 0 Å². The predicted octanol–water partition coefficient (Wildman–Crippen LogP) is 4.94. The zero-order chi connectivity index (χ0) is 21.7. The van der Waals surface area contributed by atoms with Crippen LogP contribution < -0.4 is 0 Å². The Morgan fingerprint density at radius 1 is 0.367 bits per heavy atom. The van der Waals surface area contributed by atoms with E-state index in [2.05, 4.69) is 0 Å². The van der Waals surface area contributed by atoms with Crippen molar-refractivity contribution in [3.8, 4) is 56.8 Å². The molecule has 0 saturated carbocycles. The van der Waals surface area contributed by atoms with Gasteiger partial charge in [0.25, 0.3) is 0 Å². The minimum atomic E-state index is 0.0225. The molecule has 0 aliphatic rings. The molecule has 6 N–H and O–H groups in total. The highest BCUT2D eigenvalue weighted by atomic mass is 16.3. The number of rotatable bonds is 2. The fourth-order valence-electron chi connectivity index (χ4n) is 2.84. The van der Waals surface area contributed by atoms with Crippen LogP contribution in [0.15, 0.2) is 84.9 Å². The van der Waals surface area contributed by atoms with E-state index in [0.29, 0.717) is 16.7 Å². The summed E-state index contributed by atoms with van der Waals surface area (Å²) in [5.41, 5.74) is 2.18. The van der Waals surface area contributed by atoms with Gasteiger partial charge in [-0.3, -0.25) is 0 Å². The van der Waals surface area contributed by atoms with Crippen molar-refractivity contribution in [1.29, 1.82) is 0 Å². The number of para-hydroxylation sites is 1. The van der Waals surface area contributed by atoms with Crippen molar-refractivity contribution in [2.24, 2.45) is 0 Å². The second-order valence-corrected chi connectivity index (χ2v) is 6.47. The van der Waals surface area contributed by atoms with Gasteiger partial charge < -0.3 is 30.6 Å². The summed E-state index contributed by atoms with van der Waals surface area (Å²) in [6, 6.07) is 21.5. The molecular weight excluding hydrogens is 384 g/mol. The van der Waals surface area contributed by atoms with Gasteiger partial charge in [-0.05, 0) is 60.2 Å². The van der Waals surface area contributed by atoms with Crippen LogP contribution in [0.2, 0.25) is 0 Å². The maximum Gasteiger partial charge on any atom is 0.123 e. The lowest BCUT2D eigenvalue weighted by atomic mass is 10.0. The van der Waals surface area contributed by atoms with Gasteiger partial charge in [-0.2, -0.15) is 0 Å². The quantitative estimate of drug-likeness (QED) is 0.263. The summed E-state index contributed by atoms with van der Waals surface area (Å²) in [5, 5.41) is 56.5. The van der Waals surface area contributed by atoms with Crippen LogP contribution in [0.3, 0.4) is 0 Å². The number of phenolic OH excluding ortho intramolecular Hbond substituents is 6. The Morgan fingerprint density at radius 2 is 0.833 bits per heavy atom. The summed E-state index contributed by atoms with van der Waals surface area (Å²) >= 11 is 0. The molecule has 0 aliphatic heterocycles. The van der Waals surface area contributed by atoms with E-state index in [1.165, 1.54) is 54.6 Å². The van der Waals surface area contributed by atoms with E-state index in [-0.39, 0.29) is 34.5 Å². The second-order valence-electron chi connectivity index (χ2n) is 6.47. The lowest BCUT2D eigenvalue weighted by Crippen LogP contribution is -1.80. The van der Waals surface area contributed by atoms with Gasteiger partial charge in [0.05, 0.1) is 0 Å². The maximum atomic E-state index is 9.59. The Morgan fingerprint density at radius 3 is 1.43 bits per heavy atom. The highest BCUT2D eigenvalue weighted by molar-refractivity contribution is 5.76. The molecule has 0 unspecified atom stereocenters. The smallest absolute Gasteiger partial charge is 0.123 e. The summed E-state index contributed by atoms with van der Waals surface area (Å²) in [5.74, 6) is 0.492. The van der Waals surface area contributed by atoms with Crippen molar-refractivity contribution < 1.29 is 30.6 Å². The average Bonchev–Trinajstić information content (AvgIpc) is 2.73. The Kier molecular flexibility index (Phi) is 5.98. The lowest BCUT2D eigenvalue weighted by Gasteiger charge is -2.06. The number of benzene rings is 4. The van der Waals surface area contributed by atoms with Crippen LogP contribution in [0.25, 0.3) is 22.3 Å². The standard InChI is InChI=1S/2C12H10O3/c13-9-3-1-8(2-4-9)11-7-10(14)5-6-12(11)15;13-8-5-6-12(15)10(7-8)9-3-1-2-4-11(9)14/h2*1-7,13-15H. The van der Waals surface area contributed by atoms with E-state index < -0.39 is 0 Å². The van der Waals surface area contributed by atoms with Crippen LogP contribution in [-0.4, -0.2) is 30.6 Å². The van der Waals surface area contributed by atoms with Gasteiger partial charge in [0.1, 0.15) is 34.5 Å². The molecule has 0 aromatic heterocycles. The molecule has 0 fully saturated rings. The van der Waals surface area contributed by atoms with Gasteiger partial charge in [-0.1, -0.05) is 30.3 Å². The summed E-state index contributed by atoms with van der Waals surface area (Å²) in [6.07, 6.45) is 0. The van der Waals surface area contributed by atoms with Crippen molar-refractivity contribution in [2.75, 3.05) is 0 Å². The Hall–Kier alpha value is -4.32. The maximum absolute atomic E-state index is 9.59. The van der Waals surface area contributed by atoms with Gasteiger partial charge in [0.15, 0.2) is 0 Å². The van der Waals surface area contributed by atoms with Crippen LogP contribution in [-0.2, 0) is 0 Å². The van der Waals surface area contributed by atoms with E-state index in [4.69, 9.17) is 5.11 Å². The van der Waals surface area contributed by atoms with Crippen LogP contribution in [0, 0.1) is 0 Å². The molecule has 6 heteroatoms. The molecule has 0 radical (unpaired) electrons. The zero-order valence-corrected chi connectivity index (χ0v) is 15.8. The van der Waals surface area contributed by atoms with Crippen molar-refractivity contribution in [1.82, 2.24) is 0 Å². The summed E-state index contributed by atoms with van der Waals surface area (Å²) in [4.78, 5) is 0. The van der Waals surface area contributed by atoms with Gasteiger partial charge in [0, 0.05) is 16.7 Å². The largest absolute Gasteiger partial charge is 0.508 e. The first-order valence-electron chi connectivity index (χ1n) is 8.97. The Bertz CT molecular complexity index is 1150. The van der Waals surface area contributed by atoms with E-state index in [9.17, 15) is 25.5 Å². The SMILES string of the molecule is Oc1ccc(-c2cc(O)ccc2O)cc1.Oc1ccc(O)c(-c2ccccc2O)c1. The Balaban J connectivity index is 0.000000171. The number of phenols is 6. The first kappa shape index (κ1) is 20.4.